The lowest BCUT2D eigenvalue weighted by Crippen LogP contribution is -2.11. The van der Waals surface area contributed by atoms with Crippen LogP contribution in [0.4, 0.5) is 0 Å². The van der Waals surface area contributed by atoms with Crippen LogP contribution in [-0.4, -0.2) is 0 Å². The van der Waals surface area contributed by atoms with E-state index in [1.165, 1.54) is 0 Å². The molecule has 0 aliphatic carbocycles. The molecule has 0 fully saturated rings. The van der Waals surface area contributed by atoms with Crippen molar-refractivity contribution in [2.24, 2.45) is 5.73 Å². The minimum atomic E-state index is -0.229. The van der Waals surface area contributed by atoms with Crippen LogP contribution in [0.2, 0.25) is 0 Å². The van der Waals surface area contributed by atoms with E-state index in [0.29, 0.717) is 0 Å². The monoisotopic (exact) mass is 315 g/mol. The maximum absolute atomic E-state index is 6.31. The summed E-state index contributed by atoms with van der Waals surface area (Å²) in [4.78, 5) is 0. The molecule has 3 rings (SSSR count). The van der Waals surface area contributed by atoms with Gasteiger partial charge in [-0.15, -0.1) is 0 Å². The average molecular weight is 316 g/mol. The van der Waals surface area contributed by atoms with E-state index in [2.05, 4.69) is 28.9 Å². The quantitative estimate of drug-likeness (QED) is 0.753. The van der Waals surface area contributed by atoms with Gasteiger partial charge in [0.15, 0.2) is 0 Å². The highest BCUT2D eigenvalue weighted by molar-refractivity contribution is 9.10. The average Bonchev–Trinajstić information content (AvgIpc) is 2.76. The van der Waals surface area contributed by atoms with Gasteiger partial charge in [0.2, 0.25) is 0 Å². The van der Waals surface area contributed by atoms with Crippen molar-refractivity contribution in [2.75, 3.05) is 0 Å². The summed E-state index contributed by atoms with van der Waals surface area (Å²) >= 11 is 3.48. The molecule has 1 atom stereocenters. The first kappa shape index (κ1) is 12.5. The molecule has 96 valence electrons. The summed E-state index contributed by atoms with van der Waals surface area (Å²) in [5.41, 5.74) is 9.35. The summed E-state index contributed by atoms with van der Waals surface area (Å²) in [6, 6.07) is 15.8. The van der Waals surface area contributed by atoms with E-state index in [1.54, 1.807) is 0 Å². The molecule has 2 N–H and O–H groups in total. The predicted octanol–water partition coefficient (Wildman–Crippen LogP) is 4.55. The fraction of sp³-hybridized carbons (Fsp3) is 0.125. The Labute approximate surface area is 120 Å². The van der Waals surface area contributed by atoms with Crippen LogP contribution in [0.5, 0.6) is 0 Å². The molecule has 0 spiro atoms. The van der Waals surface area contributed by atoms with Crippen LogP contribution < -0.4 is 5.73 Å². The first-order valence-corrected chi connectivity index (χ1v) is 6.95. The highest BCUT2D eigenvalue weighted by atomic mass is 79.9. The van der Waals surface area contributed by atoms with Crippen molar-refractivity contribution >= 4 is 26.9 Å². The first-order valence-electron chi connectivity index (χ1n) is 6.16. The van der Waals surface area contributed by atoms with Gasteiger partial charge in [-0.05, 0) is 30.7 Å². The number of rotatable bonds is 2. The number of hydrogen-bond donors (Lipinski definition) is 1. The number of hydrogen-bond acceptors (Lipinski definition) is 2. The van der Waals surface area contributed by atoms with Crippen molar-refractivity contribution in [1.29, 1.82) is 0 Å². The van der Waals surface area contributed by atoms with Crippen LogP contribution in [0.25, 0.3) is 11.0 Å². The van der Waals surface area contributed by atoms with Gasteiger partial charge in [0.1, 0.15) is 11.3 Å². The molecular formula is C16H14BrNO. The first-order chi connectivity index (χ1) is 9.16. The molecule has 0 saturated carbocycles. The lowest BCUT2D eigenvalue weighted by molar-refractivity contribution is 0.521. The Balaban J connectivity index is 2.13. The third-order valence-electron chi connectivity index (χ3n) is 3.38. The Morgan fingerprint density at radius 2 is 1.84 bits per heavy atom. The summed E-state index contributed by atoms with van der Waals surface area (Å²) in [5.74, 6) is 0.833. The van der Waals surface area contributed by atoms with Gasteiger partial charge in [-0.1, -0.05) is 46.3 Å². The second-order valence-corrected chi connectivity index (χ2v) is 5.54. The van der Waals surface area contributed by atoms with Gasteiger partial charge in [0, 0.05) is 15.4 Å². The molecule has 0 saturated heterocycles. The predicted molar refractivity (Wildman–Crippen MR) is 81.1 cm³/mol. The van der Waals surface area contributed by atoms with E-state index in [-0.39, 0.29) is 6.04 Å². The zero-order chi connectivity index (χ0) is 13.4. The summed E-state index contributed by atoms with van der Waals surface area (Å²) in [7, 11) is 0. The standard InChI is InChI=1S/C16H14BrNO/c1-10-13-9-12(17)7-8-14(13)19-16(10)15(18)11-5-3-2-4-6-11/h2-9,15H,18H2,1H3. The van der Waals surface area contributed by atoms with Crippen molar-refractivity contribution < 1.29 is 4.42 Å². The summed E-state index contributed by atoms with van der Waals surface area (Å²) in [6.07, 6.45) is 0. The van der Waals surface area contributed by atoms with Crippen LogP contribution >= 0.6 is 15.9 Å². The van der Waals surface area contributed by atoms with Crippen molar-refractivity contribution in [3.05, 3.63) is 69.9 Å². The highest BCUT2D eigenvalue weighted by Crippen LogP contribution is 2.32. The van der Waals surface area contributed by atoms with E-state index in [4.69, 9.17) is 10.2 Å². The second-order valence-electron chi connectivity index (χ2n) is 4.62. The van der Waals surface area contributed by atoms with Crippen LogP contribution in [0.3, 0.4) is 0 Å². The van der Waals surface area contributed by atoms with Crippen LogP contribution in [0, 0.1) is 6.92 Å². The van der Waals surface area contributed by atoms with Gasteiger partial charge in [-0.25, -0.2) is 0 Å². The molecule has 0 aliphatic heterocycles. The largest absolute Gasteiger partial charge is 0.459 e. The van der Waals surface area contributed by atoms with Crippen molar-refractivity contribution in [3.8, 4) is 0 Å². The van der Waals surface area contributed by atoms with Gasteiger partial charge in [-0.3, -0.25) is 0 Å². The number of halogens is 1. The van der Waals surface area contributed by atoms with Crippen LogP contribution in [0.1, 0.15) is 22.9 Å². The number of nitrogens with two attached hydrogens (primary N) is 1. The molecule has 0 amide bonds. The van der Waals surface area contributed by atoms with Gasteiger partial charge in [0.05, 0.1) is 6.04 Å². The van der Waals surface area contributed by atoms with E-state index in [1.807, 2.05) is 42.5 Å². The SMILES string of the molecule is Cc1c(C(N)c2ccccc2)oc2ccc(Br)cc12. The Morgan fingerprint density at radius 3 is 2.58 bits per heavy atom. The molecule has 2 aromatic carbocycles. The topological polar surface area (TPSA) is 39.2 Å². The minimum Gasteiger partial charge on any atom is -0.459 e. The van der Waals surface area contributed by atoms with E-state index in [0.717, 1.165) is 32.3 Å². The van der Waals surface area contributed by atoms with Crippen LogP contribution in [-0.2, 0) is 0 Å². The molecule has 0 bridgehead atoms. The fourth-order valence-corrected chi connectivity index (χ4v) is 2.68. The highest BCUT2D eigenvalue weighted by Gasteiger charge is 2.18. The molecule has 1 unspecified atom stereocenters. The molecule has 19 heavy (non-hydrogen) atoms. The zero-order valence-corrected chi connectivity index (χ0v) is 12.1. The molecule has 3 aromatic rings. The lowest BCUT2D eigenvalue weighted by Gasteiger charge is -2.09. The molecule has 1 heterocycles. The third-order valence-corrected chi connectivity index (χ3v) is 3.87. The summed E-state index contributed by atoms with van der Waals surface area (Å²) < 4.78 is 6.97. The number of fused-ring (bicyclic) bond motifs is 1. The minimum absolute atomic E-state index is 0.229. The Kier molecular flexibility index (Phi) is 3.17. The third kappa shape index (κ3) is 2.20. The van der Waals surface area contributed by atoms with Gasteiger partial charge >= 0.3 is 0 Å². The fourth-order valence-electron chi connectivity index (χ4n) is 2.32. The molecule has 1 aromatic heterocycles. The maximum Gasteiger partial charge on any atom is 0.134 e. The van der Waals surface area contributed by atoms with Crippen molar-refractivity contribution in [3.63, 3.8) is 0 Å². The molecule has 0 radical (unpaired) electrons. The lowest BCUT2D eigenvalue weighted by atomic mass is 10.0. The number of benzene rings is 2. The van der Waals surface area contributed by atoms with E-state index < -0.39 is 0 Å². The Hall–Kier alpha value is -1.58. The van der Waals surface area contributed by atoms with Crippen LogP contribution in [0.15, 0.2) is 57.4 Å². The van der Waals surface area contributed by atoms with Gasteiger partial charge < -0.3 is 10.2 Å². The van der Waals surface area contributed by atoms with Crippen molar-refractivity contribution in [2.45, 2.75) is 13.0 Å². The smallest absolute Gasteiger partial charge is 0.134 e. The number of furan rings is 1. The van der Waals surface area contributed by atoms with E-state index in [9.17, 15) is 0 Å². The summed E-state index contributed by atoms with van der Waals surface area (Å²) in [6.45, 7) is 2.05. The van der Waals surface area contributed by atoms with Gasteiger partial charge in [0.25, 0.3) is 0 Å². The zero-order valence-electron chi connectivity index (χ0n) is 10.6. The van der Waals surface area contributed by atoms with E-state index >= 15 is 0 Å². The summed E-state index contributed by atoms with van der Waals surface area (Å²) in [5, 5.41) is 1.11. The molecule has 2 nitrogen and oxygen atoms in total. The maximum atomic E-state index is 6.31. The van der Waals surface area contributed by atoms with Crippen molar-refractivity contribution in [1.82, 2.24) is 0 Å². The normalized spacial score (nSPS) is 12.8. The molecular weight excluding hydrogens is 302 g/mol. The Bertz CT molecular complexity index is 718. The molecule has 3 heteroatoms. The Morgan fingerprint density at radius 1 is 1.11 bits per heavy atom. The molecule has 0 aliphatic rings. The second kappa shape index (κ2) is 4.83. The number of aryl methyl sites for hydroxylation is 1. The van der Waals surface area contributed by atoms with Gasteiger partial charge in [-0.2, -0.15) is 0 Å².